The number of nitrogens with one attached hydrogen (secondary N) is 1. The molecule has 1 aromatic carbocycles. The van der Waals surface area contributed by atoms with E-state index in [0.29, 0.717) is 5.41 Å². The Morgan fingerprint density at radius 3 is 3.00 bits per heavy atom. The molecule has 3 rings (SSSR count). The second-order valence-electron chi connectivity index (χ2n) is 6.91. The van der Waals surface area contributed by atoms with Crippen molar-refractivity contribution in [2.45, 2.75) is 33.1 Å². The molecule has 0 aromatic heterocycles. The average Bonchev–Trinajstić information content (AvgIpc) is 2.39. The topological polar surface area (TPSA) is 15.3 Å². The minimum Gasteiger partial charge on any atom is -0.370 e. The van der Waals surface area contributed by atoms with Gasteiger partial charge < -0.3 is 10.2 Å². The Kier molecular flexibility index (Phi) is 3.53. The number of anilines is 1. The minimum atomic E-state index is 0.433. The molecular weight excluding hydrogens is 232 g/mol. The number of fused-ring (bicyclic) bond motifs is 1. The molecule has 2 atom stereocenters. The summed E-state index contributed by atoms with van der Waals surface area (Å²) in [5, 5.41) is 3.57. The van der Waals surface area contributed by atoms with E-state index in [0.717, 1.165) is 5.92 Å². The van der Waals surface area contributed by atoms with Gasteiger partial charge >= 0.3 is 0 Å². The van der Waals surface area contributed by atoms with Gasteiger partial charge in [0.1, 0.15) is 0 Å². The Hall–Kier alpha value is -1.02. The lowest BCUT2D eigenvalue weighted by Crippen LogP contribution is -2.48. The molecule has 1 saturated heterocycles. The first-order valence-electron chi connectivity index (χ1n) is 7.70. The fourth-order valence-electron chi connectivity index (χ4n) is 3.77. The Morgan fingerprint density at radius 1 is 1.37 bits per heavy atom. The molecule has 0 spiro atoms. The van der Waals surface area contributed by atoms with Gasteiger partial charge in [0.05, 0.1) is 0 Å². The molecule has 2 aliphatic rings. The molecule has 2 heterocycles. The number of benzene rings is 1. The van der Waals surface area contributed by atoms with Gasteiger partial charge in [-0.05, 0) is 48.8 Å². The zero-order valence-corrected chi connectivity index (χ0v) is 12.3. The van der Waals surface area contributed by atoms with Crippen LogP contribution in [0.25, 0.3) is 0 Å². The number of para-hydroxylation sites is 1. The number of hydrogen-bond acceptors (Lipinski definition) is 2. The van der Waals surface area contributed by atoms with E-state index in [2.05, 4.69) is 48.3 Å². The van der Waals surface area contributed by atoms with Gasteiger partial charge in [-0.25, -0.2) is 0 Å². The molecular formula is C17H26N2. The van der Waals surface area contributed by atoms with Gasteiger partial charge in [-0.1, -0.05) is 32.0 Å². The number of rotatable bonds is 2. The Balaban J connectivity index is 1.81. The summed E-state index contributed by atoms with van der Waals surface area (Å²) in [7, 11) is 0. The molecule has 0 saturated carbocycles. The zero-order valence-electron chi connectivity index (χ0n) is 12.3. The van der Waals surface area contributed by atoms with E-state index in [1.165, 1.54) is 56.7 Å². The lowest BCUT2D eigenvalue weighted by Gasteiger charge is -2.43. The van der Waals surface area contributed by atoms with E-state index < -0.39 is 0 Å². The van der Waals surface area contributed by atoms with Gasteiger partial charge in [0.2, 0.25) is 0 Å². The summed E-state index contributed by atoms with van der Waals surface area (Å²) in [5.41, 5.74) is 3.45. The van der Waals surface area contributed by atoms with Gasteiger partial charge in [-0.15, -0.1) is 0 Å². The summed E-state index contributed by atoms with van der Waals surface area (Å²) in [6, 6.07) is 8.97. The highest BCUT2D eigenvalue weighted by Gasteiger charge is 2.31. The van der Waals surface area contributed by atoms with Crippen LogP contribution in [0.3, 0.4) is 0 Å². The molecule has 2 aliphatic heterocycles. The summed E-state index contributed by atoms with van der Waals surface area (Å²) in [6.07, 6.45) is 3.91. The molecule has 0 aliphatic carbocycles. The highest BCUT2D eigenvalue weighted by molar-refractivity contribution is 5.56. The van der Waals surface area contributed by atoms with Gasteiger partial charge in [0.15, 0.2) is 0 Å². The van der Waals surface area contributed by atoms with E-state index >= 15 is 0 Å². The molecule has 2 nitrogen and oxygen atoms in total. The number of piperidine rings is 1. The molecule has 0 amide bonds. The third kappa shape index (κ3) is 2.79. The highest BCUT2D eigenvalue weighted by Crippen LogP contribution is 2.34. The van der Waals surface area contributed by atoms with Gasteiger partial charge in [-0.2, -0.15) is 0 Å². The average molecular weight is 258 g/mol. The molecule has 1 fully saturated rings. The van der Waals surface area contributed by atoms with E-state index in [1.807, 2.05) is 0 Å². The molecule has 1 N–H and O–H groups in total. The van der Waals surface area contributed by atoms with E-state index in [1.54, 1.807) is 0 Å². The summed E-state index contributed by atoms with van der Waals surface area (Å²) >= 11 is 0. The van der Waals surface area contributed by atoms with E-state index in [9.17, 15) is 0 Å². The second-order valence-corrected chi connectivity index (χ2v) is 6.91. The van der Waals surface area contributed by atoms with Crippen molar-refractivity contribution in [2.75, 3.05) is 31.1 Å². The lowest BCUT2D eigenvalue weighted by atomic mass is 9.81. The van der Waals surface area contributed by atoms with Crippen molar-refractivity contribution >= 4 is 5.69 Å². The third-order valence-corrected chi connectivity index (χ3v) is 4.69. The largest absolute Gasteiger partial charge is 0.370 e. The maximum atomic E-state index is 3.57. The normalized spacial score (nSPS) is 31.1. The van der Waals surface area contributed by atoms with Crippen molar-refractivity contribution in [1.82, 2.24) is 5.32 Å². The molecule has 104 valence electrons. The van der Waals surface area contributed by atoms with Crippen LogP contribution in [0.5, 0.6) is 0 Å². The van der Waals surface area contributed by atoms with Crippen LogP contribution in [-0.4, -0.2) is 26.2 Å². The van der Waals surface area contributed by atoms with Gasteiger partial charge in [0.25, 0.3) is 0 Å². The molecule has 1 aromatic rings. The zero-order chi connectivity index (χ0) is 13.3. The Bertz CT molecular complexity index is 435. The van der Waals surface area contributed by atoms with Crippen LogP contribution in [0.4, 0.5) is 5.69 Å². The predicted molar refractivity (Wildman–Crippen MR) is 81.7 cm³/mol. The maximum Gasteiger partial charge on any atom is 0.0399 e. The molecule has 0 radical (unpaired) electrons. The van der Waals surface area contributed by atoms with Crippen LogP contribution in [0, 0.1) is 11.3 Å². The summed E-state index contributed by atoms with van der Waals surface area (Å²) in [5.74, 6) is 0.773. The number of nitrogens with zero attached hydrogens (tertiary/aromatic N) is 1. The third-order valence-electron chi connectivity index (χ3n) is 4.69. The van der Waals surface area contributed by atoms with Crippen LogP contribution >= 0.6 is 0 Å². The first kappa shape index (κ1) is 13.0. The van der Waals surface area contributed by atoms with Gasteiger partial charge in [-0.3, -0.25) is 0 Å². The van der Waals surface area contributed by atoms with Crippen LogP contribution in [-0.2, 0) is 6.42 Å². The number of hydrogen-bond donors (Lipinski definition) is 1. The van der Waals surface area contributed by atoms with Crippen molar-refractivity contribution in [2.24, 2.45) is 11.3 Å². The van der Waals surface area contributed by atoms with Crippen LogP contribution < -0.4 is 10.2 Å². The SMILES string of the molecule is CC1Cc2ccccc2N(CC2(C)CCCNC2)C1. The summed E-state index contributed by atoms with van der Waals surface area (Å²) in [6.45, 7) is 9.60. The minimum absolute atomic E-state index is 0.433. The predicted octanol–water partition coefficient (Wildman–Crippen LogP) is 3.07. The van der Waals surface area contributed by atoms with E-state index in [4.69, 9.17) is 0 Å². The quantitative estimate of drug-likeness (QED) is 0.877. The van der Waals surface area contributed by atoms with Crippen LogP contribution in [0.15, 0.2) is 24.3 Å². The first-order chi connectivity index (χ1) is 9.16. The smallest absolute Gasteiger partial charge is 0.0399 e. The molecule has 19 heavy (non-hydrogen) atoms. The van der Waals surface area contributed by atoms with Crippen molar-refractivity contribution < 1.29 is 0 Å². The maximum absolute atomic E-state index is 3.57. The summed E-state index contributed by atoms with van der Waals surface area (Å²) < 4.78 is 0. The Morgan fingerprint density at radius 2 is 2.21 bits per heavy atom. The summed E-state index contributed by atoms with van der Waals surface area (Å²) in [4.78, 5) is 2.64. The van der Waals surface area contributed by atoms with E-state index in [-0.39, 0.29) is 0 Å². The van der Waals surface area contributed by atoms with Crippen molar-refractivity contribution in [1.29, 1.82) is 0 Å². The molecule has 2 unspecified atom stereocenters. The molecule has 0 bridgehead atoms. The lowest BCUT2D eigenvalue weighted by molar-refractivity contribution is 0.236. The van der Waals surface area contributed by atoms with Crippen LogP contribution in [0.2, 0.25) is 0 Å². The fourth-order valence-corrected chi connectivity index (χ4v) is 3.77. The highest BCUT2D eigenvalue weighted by atomic mass is 15.2. The van der Waals surface area contributed by atoms with Crippen molar-refractivity contribution in [3.8, 4) is 0 Å². The van der Waals surface area contributed by atoms with Gasteiger partial charge in [0, 0.05) is 25.3 Å². The van der Waals surface area contributed by atoms with Crippen LogP contribution in [0.1, 0.15) is 32.3 Å². The first-order valence-corrected chi connectivity index (χ1v) is 7.70. The monoisotopic (exact) mass is 258 g/mol. The molecule has 2 heteroatoms. The second kappa shape index (κ2) is 5.16. The standard InChI is InChI=1S/C17H26N2/c1-14-10-15-6-3-4-7-16(15)19(11-14)13-17(2)8-5-9-18-12-17/h3-4,6-7,14,18H,5,8-13H2,1-2H3. The fraction of sp³-hybridized carbons (Fsp3) is 0.647. The Labute approximate surface area is 117 Å². The van der Waals surface area contributed by atoms with Crippen molar-refractivity contribution in [3.63, 3.8) is 0 Å². The van der Waals surface area contributed by atoms with Crippen molar-refractivity contribution in [3.05, 3.63) is 29.8 Å².